The molecule has 0 spiro atoms. The van der Waals surface area contributed by atoms with E-state index in [2.05, 4.69) is 12.2 Å². The molecular formula is C8H14N2O. The van der Waals surface area contributed by atoms with Gasteiger partial charge >= 0.3 is 0 Å². The Kier molecular flexibility index (Phi) is 1.15. The van der Waals surface area contributed by atoms with E-state index in [4.69, 9.17) is 5.73 Å². The fourth-order valence-corrected chi connectivity index (χ4v) is 2.42. The standard InChI is InChI=1S/C8H14N2O/c1-7-4-8(7,6(9)11)2-3-10-5-7/h10H,2-5H2,1H3,(H2,9,11). The lowest BCUT2D eigenvalue weighted by atomic mass is 9.87. The van der Waals surface area contributed by atoms with Crippen molar-refractivity contribution in [3.63, 3.8) is 0 Å². The number of amides is 1. The number of hydrogen-bond donors (Lipinski definition) is 2. The van der Waals surface area contributed by atoms with Gasteiger partial charge < -0.3 is 11.1 Å². The summed E-state index contributed by atoms with van der Waals surface area (Å²) in [6, 6.07) is 0. The molecule has 3 nitrogen and oxygen atoms in total. The Morgan fingerprint density at radius 1 is 1.64 bits per heavy atom. The third kappa shape index (κ3) is 0.692. The average Bonchev–Trinajstić information content (AvgIpc) is 2.56. The SMILES string of the molecule is CC12CNCCC1(C(N)=O)C2. The van der Waals surface area contributed by atoms with Gasteiger partial charge in [-0.1, -0.05) is 6.92 Å². The van der Waals surface area contributed by atoms with Gasteiger partial charge in [-0.2, -0.15) is 0 Å². The molecule has 2 atom stereocenters. The molecule has 0 radical (unpaired) electrons. The zero-order valence-electron chi connectivity index (χ0n) is 6.81. The summed E-state index contributed by atoms with van der Waals surface area (Å²) in [5.41, 5.74) is 5.40. The lowest BCUT2D eigenvalue weighted by molar-refractivity contribution is -0.125. The molecule has 2 rings (SSSR count). The van der Waals surface area contributed by atoms with Crippen LogP contribution < -0.4 is 11.1 Å². The number of rotatable bonds is 1. The van der Waals surface area contributed by atoms with Gasteiger partial charge in [0.15, 0.2) is 0 Å². The largest absolute Gasteiger partial charge is 0.369 e. The summed E-state index contributed by atoms with van der Waals surface area (Å²) in [5.74, 6) is -0.0958. The number of nitrogens with one attached hydrogen (secondary N) is 1. The Hall–Kier alpha value is -0.570. The maximum Gasteiger partial charge on any atom is 0.224 e. The van der Waals surface area contributed by atoms with Crippen LogP contribution in [0, 0.1) is 10.8 Å². The predicted molar refractivity (Wildman–Crippen MR) is 41.8 cm³/mol. The molecule has 0 bridgehead atoms. The Bertz CT molecular complexity index is 212. The zero-order valence-corrected chi connectivity index (χ0v) is 6.81. The predicted octanol–water partition coefficient (Wildman–Crippen LogP) is -0.139. The van der Waals surface area contributed by atoms with Crippen molar-refractivity contribution in [1.29, 1.82) is 0 Å². The monoisotopic (exact) mass is 154 g/mol. The number of carbonyl (C=O) groups is 1. The molecule has 1 heterocycles. The summed E-state index contributed by atoms with van der Waals surface area (Å²) in [5, 5.41) is 3.29. The van der Waals surface area contributed by atoms with Crippen LogP contribution in [0.4, 0.5) is 0 Å². The zero-order chi connectivity index (χ0) is 8.11. The normalized spacial score (nSPS) is 48.1. The molecule has 0 aromatic rings. The molecule has 2 fully saturated rings. The number of primary amides is 1. The summed E-state index contributed by atoms with van der Waals surface area (Å²) >= 11 is 0. The minimum absolute atomic E-state index is 0.0958. The highest BCUT2D eigenvalue weighted by molar-refractivity contribution is 5.85. The minimum atomic E-state index is -0.141. The number of carbonyl (C=O) groups excluding carboxylic acids is 1. The molecule has 11 heavy (non-hydrogen) atoms. The fraction of sp³-hybridized carbons (Fsp3) is 0.875. The second-order valence-electron chi connectivity index (χ2n) is 4.11. The van der Waals surface area contributed by atoms with Gasteiger partial charge in [0.25, 0.3) is 0 Å². The highest BCUT2D eigenvalue weighted by Crippen LogP contribution is 2.66. The lowest BCUT2D eigenvalue weighted by Gasteiger charge is -2.25. The Morgan fingerprint density at radius 2 is 2.36 bits per heavy atom. The van der Waals surface area contributed by atoms with Crippen LogP contribution in [0.25, 0.3) is 0 Å². The van der Waals surface area contributed by atoms with Crippen LogP contribution >= 0.6 is 0 Å². The molecule has 3 heteroatoms. The van der Waals surface area contributed by atoms with E-state index in [0.29, 0.717) is 0 Å². The molecule has 1 aliphatic heterocycles. The van der Waals surface area contributed by atoms with Crippen molar-refractivity contribution in [1.82, 2.24) is 5.32 Å². The van der Waals surface area contributed by atoms with Crippen molar-refractivity contribution in [2.24, 2.45) is 16.6 Å². The van der Waals surface area contributed by atoms with Gasteiger partial charge in [0, 0.05) is 6.54 Å². The molecule has 2 unspecified atom stereocenters. The molecule has 2 aliphatic rings. The summed E-state index contributed by atoms with van der Waals surface area (Å²) in [6.07, 6.45) is 1.92. The molecule has 1 amide bonds. The molecular weight excluding hydrogens is 140 g/mol. The van der Waals surface area contributed by atoms with Gasteiger partial charge in [-0.3, -0.25) is 4.79 Å². The number of hydrogen-bond acceptors (Lipinski definition) is 2. The van der Waals surface area contributed by atoms with E-state index in [-0.39, 0.29) is 16.7 Å². The van der Waals surface area contributed by atoms with Crippen molar-refractivity contribution in [2.75, 3.05) is 13.1 Å². The molecule has 0 aromatic heterocycles. The topological polar surface area (TPSA) is 55.1 Å². The van der Waals surface area contributed by atoms with Gasteiger partial charge in [-0.05, 0) is 24.8 Å². The Balaban J connectivity index is 2.23. The molecule has 3 N–H and O–H groups in total. The van der Waals surface area contributed by atoms with Gasteiger partial charge in [-0.15, -0.1) is 0 Å². The van der Waals surface area contributed by atoms with Crippen LogP contribution in [-0.2, 0) is 4.79 Å². The molecule has 1 saturated heterocycles. The minimum Gasteiger partial charge on any atom is -0.369 e. The highest BCUT2D eigenvalue weighted by atomic mass is 16.1. The summed E-state index contributed by atoms with van der Waals surface area (Å²) in [7, 11) is 0. The number of nitrogens with two attached hydrogens (primary N) is 1. The van der Waals surface area contributed by atoms with Crippen molar-refractivity contribution < 1.29 is 4.79 Å². The van der Waals surface area contributed by atoms with Crippen LogP contribution in [0.2, 0.25) is 0 Å². The van der Waals surface area contributed by atoms with Gasteiger partial charge in [-0.25, -0.2) is 0 Å². The second kappa shape index (κ2) is 1.78. The van der Waals surface area contributed by atoms with E-state index in [1.807, 2.05) is 0 Å². The van der Waals surface area contributed by atoms with Gasteiger partial charge in [0.2, 0.25) is 5.91 Å². The maximum atomic E-state index is 11.1. The first-order valence-corrected chi connectivity index (χ1v) is 4.11. The van der Waals surface area contributed by atoms with Crippen molar-refractivity contribution in [2.45, 2.75) is 19.8 Å². The van der Waals surface area contributed by atoms with Crippen LogP contribution in [0.1, 0.15) is 19.8 Å². The van der Waals surface area contributed by atoms with E-state index in [1.54, 1.807) is 0 Å². The molecule has 1 saturated carbocycles. The van der Waals surface area contributed by atoms with Crippen LogP contribution in [-0.4, -0.2) is 19.0 Å². The summed E-state index contributed by atoms with van der Waals surface area (Å²) in [6.45, 7) is 4.04. The first-order chi connectivity index (χ1) is 5.11. The van der Waals surface area contributed by atoms with E-state index >= 15 is 0 Å². The smallest absolute Gasteiger partial charge is 0.224 e. The molecule has 0 aromatic carbocycles. The van der Waals surface area contributed by atoms with Crippen molar-refractivity contribution in [3.8, 4) is 0 Å². The van der Waals surface area contributed by atoms with E-state index < -0.39 is 0 Å². The summed E-state index contributed by atoms with van der Waals surface area (Å²) < 4.78 is 0. The first-order valence-electron chi connectivity index (χ1n) is 4.11. The van der Waals surface area contributed by atoms with Crippen LogP contribution in [0.5, 0.6) is 0 Å². The Morgan fingerprint density at radius 3 is 2.82 bits per heavy atom. The average molecular weight is 154 g/mol. The van der Waals surface area contributed by atoms with E-state index in [9.17, 15) is 4.79 Å². The first kappa shape index (κ1) is 7.10. The van der Waals surface area contributed by atoms with Crippen molar-refractivity contribution >= 4 is 5.91 Å². The third-order valence-electron chi connectivity index (χ3n) is 3.44. The second-order valence-corrected chi connectivity index (χ2v) is 4.11. The maximum absolute atomic E-state index is 11.1. The highest BCUT2D eigenvalue weighted by Gasteiger charge is 2.68. The summed E-state index contributed by atoms with van der Waals surface area (Å²) in [4.78, 5) is 11.1. The fourth-order valence-electron chi connectivity index (χ4n) is 2.42. The van der Waals surface area contributed by atoms with Gasteiger partial charge in [0.05, 0.1) is 5.41 Å². The molecule has 1 aliphatic carbocycles. The molecule has 62 valence electrons. The van der Waals surface area contributed by atoms with Gasteiger partial charge in [0.1, 0.15) is 0 Å². The van der Waals surface area contributed by atoms with Crippen LogP contribution in [0.3, 0.4) is 0 Å². The number of fused-ring (bicyclic) bond motifs is 1. The number of piperidine rings is 1. The van der Waals surface area contributed by atoms with E-state index in [0.717, 1.165) is 25.9 Å². The van der Waals surface area contributed by atoms with E-state index in [1.165, 1.54) is 0 Å². The quantitative estimate of drug-likeness (QED) is 0.552. The third-order valence-corrected chi connectivity index (χ3v) is 3.44. The lowest BCUT2D eigenvalue weighted by Crippen LogP contribution is -2.41. The van der Waals surface area contributed by atoms with Crippen molar-refractivity contribution in [3.05, 3.63) is 0 Å². The van der Waals surface area contributed by atoms with Crippen LogP contribution in [0.15, 0.2) is 0 Å². The Labute approximate surface area is 66.3 Å².